The highest BCUT2D eigenvalue weighted by Crippen LogP contribution is 2.33. The van der Waals surface area contributed by atoms with Gasteiger partial charge >= 0.3 is 0 Å². The fourth-order valence-corrected chi connectivity index (χ4v) is 1.93. The van der Waals surface area contributed by atoms with Crippen molar-refractivity contribution in [1.82, 2.24) is 0 Å². The van der Waals surface area contributed by atoms with Crippen molar-refractivity contribution in [3.8, 4) is 5.75 Å². The number of carbonyl (C=O) groups excluding carboxylic acids is 1. The second-order valence-electron chi connectivity index (χ2n) is 4.56. The molecular weight excluding hydrogens is 248 g/mol. The van der Waals surface area contributed by atoms with Gasteiger partial charge in [-0.15, -0.1) is 0 Å². The minimum Gasteiger partial charge on any atom is -0.479 e. The van der Waals surface area contributed by atoms with Gasteiger partial charge in [0.25, 0.3) is 5.91 Å². The zero-order chi connectivity index (χ0) is 14.0. The lowest BCUT2D eigenvalue weighted by Gasteiger charge is -2.29. The first-order chi connectivity index (χ1) is 9.06. The molecule has 0 aromatic heterocycles. The minimum absolute atomic E-state index is 0.149. The minimum atomic E-state index is -0.501. The summed E-state index contributed by atoms with van der Waals surface area (Å²) in [6.07, 6.45) is -0.501. The fraction of sp³-hybridized carbons (Fsp3) is 0.462. The van der Waals surface area contributed by atoms with E-state index in [0.717, 1.165) is 5.69 Å². The second kappa shape index (κ2) is 5.46. The average Bonchev–Trinajstić information content (AvgIpc) is 2.41. The number of aliphatic hydroxyl groups excluding tert-OH is 2. The van der Waals surface area contributed by atoms with Gasteiger partial charge in [0.1, 0.15) is 5.75 Å². The van der Waals surface area contributed by atoms with Crippen LogP contribution in [-0.2, 0) is 4.79 Å². The predicted octanol–water partition coefficient (Wildman–Crippen LogP) is 0.195. The third-order valence-electron chi connectivity index (χ3n) is 3.27. The molecule has 0 bridgehead atoms. The van der Waals surface area contributed by atoms with Crippen LogP contribution in [0.15, 0.2) is 18.2 Å². The van der Waals surface area contributed by atoms with E-state index in [0.29, 0.717) is 11.4 Å². The van der Waals surface area contributed by atoms with E-state index in [1.807, 2.05) is 6.07 Å². The van der Waals surface area contributed by atoms with Crippen LogP contribution < -0.4 is 15.0 Å². The van der Waals surface area contributed by atoms with Crippen molar-refractivity contribution in [3.63, 3.8) is 0 Å². The van der Waals surface area contributed by atoms with Crippen LogP contribution in [0.4, 0.5) is 11.4 Å². The van der Waals surface area contributed by atoms with E-state index in [-0.39, 0.29) is 25.2 Å². The number of likely N-dealkylation sites (N-methyl/N-ethyl adjacent to an activating group) is 1. The van der Waals surface area contributed by atoms with Crippen LogP contribution in [0.2, 0.25) is 0 Å². The quantitative estimate of drug-likeness (QED) is 0.725. The maximum Gasteiger partial charge on any atom is 0.265 e. The Morgan fingerprint density at radius 2 is 2.11 bits per heavy atom. The number of carbonyl (C=O) groups is 1. The molecule has 19 heavy (non-hydrogen) atoms. The number of aliphatic hydroxyl groups is 2. The van der Waals surface area contributed by atoms with Crippen molar-refractivity contribution in [1.29, 1.82) is 0 Å². The number of rotatable bonds is 4. The van der Waals surface area contributed by atoms with Gasteiger partial charge in [0.05, 0.1) is 24.9 Å². The lowest BCUT2D eigenvalue weighted by atomic mass is 10.1. The molecule has 0 fully saturated rings. The van der Waals surface area contributed by atoms with E-state index in [2.05, 4.69) is 5.32 Å². The van der Waals surface area contributed by atoms with Crippen molar-refractivity contribution < 1.29 is 19.7 Å². The number of anilines is 2. The number of hydrogen-bond donors (Lipinski definition) is 3. The molecule has 1 aromatic rings. The Morgan fingerprint density at radius 1 is 1.42 bits per heavy atom. The molecule has 1 atom stereocenters. The third-order valence-corrected chi connectivity index (χ3v) is 3.27. The number of amides is 1. The number of benzene rings is 1. The van der Waals surface area contributed by atoms with E-state index >= 15 is 0 Å². The van der Waals surface area contributed by atoms with Gasteiger partial charge in [-0.2, -0.15) is 0 Å². The van der Waals surface area contributed by atoms with Crippen molar-refractivity contribution in [3.05, 3.63) is 18.2 Å². The Kier molecular flexibility index (Phi) is 3.92. The molecule has 0 radical (unpaired) electrons. The van der Waals surface area contributed by atoms with Gasteiger partial charge in [-0.3, -0.25) is 4.79 Å². The summed E-state index contributed by atoms with van der Waals surface area (Å²) >= 11 is 0. The molecule has 6 nitrogen and oxygen atoms in total. The Hall–Kier alpha value is -1.79. The Balaban J connectivity index is 2.26. The average molecular weight is 266 g/mol. The van der Waals surface area contributed by atoms with Crippen LogP contribution >= 0.6 is 0 Å². The van der Waals surface area contributed by atoms with Crippen LogP contribution in [0.3, 0.4) is 0 Å². The van der Waals surface area contributed by atoms with Gasteiger partial charge in [0.15, 0.2) is 6.10 Å². The predicted molar refractivity (Wildman–Crippen MR) is 71.5 cm³/mol. The van der Waals surface area contributed by atoms with Crippen LogP contribution in [0.1, 0.15) is 6.92 Å². The van der Waals surface area contributed by atoms with Gasteiger partial charge in [0.2, 0.25) is 0 Å². The number of fused-ring (bicyclic) bond motifs is 1. The Bertz CT molecular complexity index is 474. The topological polar surface area (TPSA) is 82.0 Å². The van der Waals surface area contributed by atoms with Crippen molar-refractivity contribution in [2.24, 2.45) is 0 Å². The molecule has 1 amide bonds. The lowest BCUT2D eigenvalue weighted by molar-refractivity contribution is -0.122. The molecule has 2 rings (SSSR count). The second-order valence-corrected chi connectivity index (χ2v) is 4.56. The summed E-state index contributed by atoms with van der Waals surface area (Å²) in [5, 5.41) is 21.1. The summed E-state index contributed by atoms with van der Waals surface area (Å²) in [6.45, 7) is 1.39. The molecule has 1 aliphatic rings. The third kappa shape index (κ3) is 2.64. The van der Waals surface area contributed by atoms with E-state index in [4.69, 9.17) is 4.74 Å². The van der Waals surface area contributed by atoms with Gasteiger partial charge in [-0.1, -0.05) is 0 Å². The smallest absolute Gasteiger partial charge is 0.265 e. The van der Waals surface area contributed by atoms with E-state index in [1.54, 1.807) is 31.0 Å². The highest BCUT2D eigenvalue weighted by molar-refractivity contribution is 5.98. The summed E-state index contributed by atoms with van der Waals surface area (Å²) < 4.78 is 5.46. The molecule has 0 spiro atoms. The van der Waals surface area contributed by atoms with Crippen molar-refractivity contribution in [2.75, 3.05) is 30.5 Å². The van der Waals surface area contributed by atoms with Crippen molar-refractivity contribution >= 4 is 17.3 Å². The first-order valence-corrected chi connectivity index (χ1v) is 6.13. The molecule has 0 aliphatic carbocycles. The molecule has 1 unspecified atom stereocenters. The molecule has 0 saturated carbocycles. The normalized spacial score (nSPS) is 17.7. The number of ether oxygens (including phenoxy) is 1. The maximum atomic E-state index is 11.6. The fourth-order valence-electron chi connectivity index (χ4n) is 1.93. The van der Waals surface area contributed by atoms with E-state index < -0.39 is 6.10 Å². The SMILES string of the molecule is CC1Oc2ccc(N(C)C(CO)CO)cc2NC1=O. The number of hydrogen-bond acceptors (Lipinski definition) is 5. The summed E-state index contributed by atoms with van der Waals surface area (Å²) in [4.78, 5) is 13.3. The summed E-state index contributed by atoms with van der Waals surface area (Å²) in [5.41, 5.74) is 1.38. The van der Waals surface area contributed by atoms with Crippen LogP contribution in [0.25, 0.3) is 0 Å². The summed E-state index contributed by atoms with van der Waals surface area (Å²) in [6, 6.07) is 4.97. The van der Waals surface area contributed by atoms with Gasteiger partial charge in [-0.05, 0) is 25.1 Å². The Morgan fingerprint density at radius 3 is 2.74 bits per heavy atom. The van der Waals surface area contributed by atoms with Crippen molar-refractivity contribution in [2.45, 2.75) is 19.1 Å². The molecule has 1 heterocycles. The first kappa shape index (κ1) is 13.6. The largest absolute Gasteiger partial charge is 0.479 e. The van der Waals surface area contributed by atoms with Gasteiger partial charge in [-0.25, -0.2) is 0 Å². The molecule has 104 valence electrons. The molecule has 3 N–H and O–H groups in total. The molecule has 1 aromatic carbocycles. The molecule has 1 aliphatic heterocycles. The molecular formula is C13H18N2O4. The monoisotopic (exact) mass is 266 g/mol. The number of nitrogens with zero attached hydrogens (tertiary/aromatic N) is 1. The van der Waals surface area contributed by atoms with Gasteiger partial charge in [0, 0.05) is 12.7 Å². The maximum absolute atomic E-state index is 11.6. The molecule has 6 heteroatoms. The van der Waals surface area contributed by atoms with Crippen LogP contribution in [0, 0.1) is 0 Å². The molecule has 0 saturated heterocycles. The van der Waals surface area contributed by atoms with E-state index in [9.17, 15) is 15.0 Å². The lowest BCUT2D eigenvalue weighted by Crippen LogP contribution is -2.38. The highest BCUT2D eigenvalue weighted by atomic mass is 16.5. The highest BCUT2D eigenvalue weighted by Gasteiger charge is 2.24. The zero-order valence-corrected chi connectivity index (χ0v) is 11.0. The summed E-state index contributed by atoms with van der Waals surface area (Å²) in [7, 11) is 1.77. The standard InChI is InChI=1S/C13H18N2O4/c1-8-13(18)14-11-5-9(3-4-12(11)19-8)15(2)10(6-16)7-17/h3-5,8,10,16-17H,6-7H2,1-2H3,(H,14,18). The van der Waals surface area contributed by atoms with Gasteiger partial charge < -0.3 is 25.2 Å². The van der Waals surface area contributed by atoms with E-state index in [1.165, 1.54) is 0 Å². The Labute approximate surface area is 111 Å². The number of nitrogens with one attached hydrogen (secondary N) is 1. The van der Waals surface area contributed by atoms with Crippen LogP contribution in [0.5, 0.6) is 5.75 Å². The first-order valence-electron chi connectivity index (χ1n) is 6.13. The zero-order valence-electron chi connectivity index (χ0n) is 11.0. The summed E-state index contributed by atoms with van der Waals surface area (Å²) in [5.74, 6) is 0.432. The van der Waals surface area contributed by atoms with Crippen LogP contribution in [-0.4, -0.2) is 48.5 Å².